The van der Waals surface area contributed by atoms with Gasteiger partial charge in [0.25, 0.3) is 0 Å². The van der Waals surface area contributed by atoms with Crippen LogP contribution < -0.4 is 0 Å². The predicted molar refractivity (Wildman–Crippen MR) is 108 cm³/mol. The van der Waals surface area contributed by atoms with Crippen molar-refractivity contribution in [2.45, 2.75) is 33.3 Å². The number of carbonyl (C=O) groups excluding carboxylic acids is 1. The number of para-hydroxylation sites is 1. The van der Waals surface area contributed by atoms with Gasteiger partial charge < -0.3 is 9.30 Å². The Morgan fingerprint density at radius 2 is 1.62 bits per heavy atom. The first-order valence-electron chi connectivity index (χ1n) is 8.82. The minimum atomic E-state index is -0.507. The summed E-state index contributed by atoms with van der Waals surface area (Å²) >= 11 is 0. The summed E-state index contributed by atoms with van der Waals surface area (Å²) in [6.07, 6.45) is 1.94. The SMILES string of the molecule is CC(=Cc1c(-c2ccccc2)n(C)c2ccccc12)C(=O)OC(C)(C)C. The molecule has 0 aliphatic carbocycles. The number of aromatic nitrogens is 1. The summed E-state index contributed by atoms with van der Waals surface area (Å²) in [4.78, 5) is 12.5. The Bertz CT molecular complexity index is 973. The average molecular weight is 347 g/mol. The van der Waals surface area contributed by atoms with E-state index in [1.54, 1.807) is 0 Å². The van der Waals surface area contributed by atoms with Gasteiger partial charge in [-0.2, -0.15) is 0 Å². The van der Waals surface area contributed by atoms with E-state index < -0.39 is 5.60 Å². The van der Waals surface area contributed by atoms with E-state index in [0.29, 0.717) is 5.57 Å². The van der Waals surface area contributed by atoms with E-state index in [1.807, 2.05) is 64.1 Å². The largest absolute Gasteiger partial charge is 0.457 e. The molecule has 0 amide bonds. The lowest BCUT2D eigenvalue weighted by atomic mass is 10.0. The quantitative estimate of drug-likeness (QED) is 0.457. The van der Waals surface area contributed by atoms with Crippen molar-refractivity contribution in [1.29, 1.82) is 0 Å². The molecular formula is C23H25NO2. The zero-order chi connectivity index (χ0) is 18.9. The van der Waals surface area contributed by atoms with Crippen molar-refractivity contribution in [3.63, 3.8) is 0 Å². The predicted octanol–water partition coefficient (Wildman–Crippen LogP) is 5.59. The molecule has 3 rings (SSSR count). The van der Waals surface area contributed by atoms with Gasteiger partial charge in [-0.15, -0.1) is 0 Å². The molecule has 3 heteroatoms. The minimum Gasteiger partial charge on any atom is -0.457 e. The van der Waals surface area contributed by atoms with Crippen LogP contribution in [0.3, 0.4) is 0 Å². The first kappa shape index (κ1) is 18.0. The highest BCUT2D eigenvalue weighted by Gasteiger charge is 2.20. The smallest absolute Gasteiger partial charge is 0.334 e. The number of nitrogens with zero attached hydrogens (tertiary/aromatic N) is 1. The number of fused-ring (bicyclic) bond motifs is 1. The number of rotatable bonds is 3. The van der Waals surface area contributed by atoms with Crippen molar-refractivity contribution < 1.29 is 9.53 Å². The number of benzene rings is 2. The van der Waals surface area contributed by atoms with Crippen LogP contribution in [0.2, 0.25) is 0 Å². The van der Waals surface area contributed by atoms with Crippen molar-refractivity contribution in [3.8, 4) is 11.3 Å². The number of hydrogen-bond acceptors (Lipinski definition) is 2. The summed E-state index contributed by atoms with van der Waals surface area (Å²) in [7, 11) is 2.06. The van der Waals surface area contributed by atoms with Gasteiger partial charge in [0.2, 0.25) is 0 Å². The number of aryl methyl sites for hydroxylation is 1. The van der Waals surface area contributed by atoms with E-state index >= 15 is 0 Å². The zero-order valence-electron chi connectivity index (χ0n) is 16.0. The van der Waals surface area contributed by atoms with Gasteiger partial charge >= 0.3 is 5.97 Å². The molecule has 0 aliphatic heterocycles. The van der Waals surface area contributed by atoms with E-state index in [1.165, 1.54) is 0 Å². The lowest BCUT2D eigenvalue weighted by molar-refractivity contribution is -0.149. The minimum absolute atomic E-state index is 0.288. The van der Waals surface area contributed by atoms with Crippen LogP contribution in [0.25, 0.3) is 28.2 Å². The van der Waals surface area contributed by atoms with Gasteiger partial charge in [0.05, 0.1) is 5.69 Å². The second-order valence-corrected chi connectivity index (χ2v) is 7.53. The van der Waals surface area contributed by atoms with Gasteiger partial charge in [0, 0.05) is 29.1 Å². The molecule has 134 valence electrons. The fraction of sp³-hybridized carbons (Fsp3) is 0.261. The van der Waals surface area contributed by atoms with Crippen molar-refractivity contribution in [2.24, 2.45) is 7.05 Å². The molecular weight excluding hydrogens is 322 g/mol. The van der Waals surface area contributed by atoms with Gasteiger partial charge in [0.1, 0.15) is 5.60 Å². The second-order valence-electron chi connectivity index (χ2n) is 7.53. The molecule has 0 bridgehead atoms. The molecule has 0 N–H and O–H groups in total. The summed E-state index contributed by atoms with van der Waals surface area (Å²) in [5.74, 6) is -0.288. The molecule has 0 spiro atoms. The second kappa shape index (κ2) is 6.83. The van der Waals surface area contributed by atoms with E-state index in [4.69, 9.17) is 4.74 Å². The molecule has 0 atom stereocenters. The summed E-state index contributed by atoms with van der Waals surface area (Å²) in [6.45, 7) is 7.45. The lowest BCUT2D eigenvalue weighted by Crippen LogP contribution is -2.24. The first-order valence-corrected chi connectivity index (χ1v) is 8.82. The summed E-state index contributed by atoms with van der Waals surface area (Å²) in [5.41, 5.74) is 4.47. The molecule has 0 saturated heterocycles. The molecule has 3 aromatic rings. The van der Waals surface area contributed by atoms with Crippen LogP contribution in [0.15, 0.2) is 60.2 Å². The van der Waals surface area contributed by atoms with Crippen LogP contribution in [-0.2, 0) is 16.6 Å². The molecule has 26 heavy (non-hydrogen) atoms. The maximum Gasteiger partial charge on any atom is 0.334 e. The van der Waals surface area contributed by atoms with Crippen molar-refractivity contribution >= 4 is 22.9 Å². The van der Waals surface area contributed by atoms with E-state index in [0.717, 1.165) is 27.7 Å². The highest BCUT2D eigenvalue weighted by atomic mass is 16.6. The van der Waals surface area contributed by atoms with Crippen molar-refractivity contribution in [1.82, 2.24) is 4.57 Å². The highest BCUT2D eigenvalue weighted by molar-refractivity contribution is 6.02. The number of ether oxygens (including phenoxy) is 1. The van der Waals surface area contributed by atoms with Crippen LogP contribution in [0.1, 0.15) is 33.3 Å². The molecule has 1 heterocycles. The Hall–Kier alpha value is -2.81. The Balaban J connectivity index is 2.19. The van der Waals surface area contributed by atoms with Crippen LogP contribution in [0.4, 0.5) is 0 Å². The van der Waals surface area contributed by atoms with E-state index in [9.17, 15) is 4.79 Å². The number of carbonyl (C=O) groups is 1. The Morgan fingerprint density at radius 1 is 1.00 bits per heavy atom. The molecule has 0 unspecified atom stereocenters. The van der Waals surface area contributed by atoms with Crippen molar-refractivity contribution in [3.05, 3.63) is 65.7 Å². The van der Waals surface area contributed by atoms with Gasteiger partial charge in [-0.05, 0) is 45.4 Å². The molecule has 0 saturated carbocycles. The molecule has 0 fully saturated rings. The third-order valence-electron chi connectivity index (χ3n) is 4.28. The van der Waals surface area contributed by atoms with Crippen molar-refractivity contribution in [2.75, 3.05) is 0 Å². The lowest BCUT2D eigenvalue weighted by Gasteiger charge is -2.19. The summed E-state index contributed by atoms with van der Waals surface area (Å²) in [6, 6.07) is 18.5. The van der Waals surface area contributed by atoms with Gasteiger partial charge in [-0.1, -0.05) is 48.5 Å². The summed E-state index contributed by atoms with van der Waals surface area (Å²) < 4.78 is 7.70. The number of esters is 1. The Labute approximate surface area is 154 Å². The highest BCUT2D eigenvalue weighted by Crippen LogP contribution is 2.34. The standard InChI is InChI=1S/C23H25NO2/c1-16(22(25)26-23(2,3)4)15-19-18-13-9-10-14-20(18)24(5)21(19)17-11-7-6-8-12-17/h6-15H,1-5H3. The normalized spacial score (nSPS) is 12.4. The van der Waals surface area contributed by atoms with Crippen LogP contribution in [0, 0.1) is 0 Å². The maximum atomic E-state index is 12.5. The topological polar surface area (TPSA) is 31.2 Å². The van der Waals surface area contributed by atoms with Gasteiger partial charge in [-0.25, -0.2) is 4.79 Å². The van der Waals surface area contributed by atoms with E-state index in [2.05, 4.69) is 35.9 Å². The fourth-order valence-electron chi connectivity index (χ4n) is 3.15. The Kier molecular flexibility index (Phi) is 4.73. The average Bonchev–Trinajstić information content (AvgIpc) is 2.87. The number of hydrogen-bond donors (Lipinski definition) is 0. The molecule has 3 nitrogen and oxygen atoms in total. The maximum absolute atomic E-state index is 12.5. The molecule has 1 aromatic heterocycles. The zero-order valence-corrected chi connectivity index (χ0v) is 16.0. The third kappa shape index (κ3) is 3.57. The van der Waals surface area contributed by atoms with Gasteiger partial charge in [0.15, 0.2) is 0 Å². The molecule has 2 aromatic carbocycles. The summed E-state index contributed by atoms with van der Waals surface area (Å²) in [5, 5.41) is 1.12. The van der Waals surface area contributed by atoms with E-state index in [-0.39, 0.29) is 5.97 Å². The third-order valence-corrected chi connectivity index (χ3v) is 4.28. The van der Waals surface area contributed by atoms with Crippen LogP contribution >= 0.6 is 0 Å². The first-order chi connectivity index (χ1) is 12.3. The molecule has 0 aliphatic rings. The van der Waals surface area contributed by atoms with Crippen LogP contribution in [-0.4, -0.2) is 16.1 Å². The monoisotopic (exact) mass is 347 g/mol. The fourth-order valence-corrected chi connectivity index (χ4v) is 3.15. The molecule has 0 radical (unpaired) electrons. The Morgan fingerprint density at radius 3 is 2.27 bits per heavy atom. The van der Waals surface area contributed by atoms with Crippen LogP contribution in [0.5, 0.6) is 0 Å². The van der Waals surface area contributed by atoms with Gasteiger partial charge in [-0.3, -0.25) is 0 Å².